The number of rotatable bonds is 1. The molecule has 3 nitrogen and oxygen atoms in total. The van der Waals surface area contributed by atoms with Crippen molar-refractivity contribution in [2.75, 3.05) is 33.0 Å². The molecule has 1 saturated heterocycles. The second kappa shape index (κ2) is 6.99. The number of hydrogen-bond acceptors (Lipinski definition) is 3. The summed E-state index contributed by atoms with van der Waals surface area (Å²) in [5, 5.41) is 0. The summed E-state index contributed by atoms with van der Waals surface area (Å²) >= 11 is 0. The van der Waals surface area contributed by atoms with E-state index in [4.69, 9.17) is 10.5 Å². The van der Waals surface area contributed by atoms with E-state index < -0.39 is 0 Å². The van der Waals surface area contributed by atoms with E-state index in [1.807, 2.05) is 13.8 Å². The first-order valence-corrected chi connectivity index (χ1v) is 3.93. The highest BCUT2D eigenvalue weighted by molar-refractivity contribution is 4.57. The van der Waals surface area contributed by atoms with Gasteiger partial charge in [0.05, 0.1) is 13.2 Å². The first-order chi connectivity index (χ1) is 4.93. The molecular weight excluding hydrogens is 128 g/mol. The average molecular weight is 146 g/mol. The van der Waals surface area contributed by atoms with Crippen molar-refractivity contribution in [1.82, 2.24) is 4.90 Å². The summed E-state index contributed by atoms with van der Waals surface area (Å²) < 4.78 is 5.10. The number of nitrogens with zero attached hydrogens (tertiary/aromatic N) is 1. The molecule has 0 aromatic carbocycles. The van der Waals surface area contributed by atoms with E-state index >= 15 is 0 Å². The SMILES string of the molecule is CC.NCN1CCOCC1. The van der Waals surface area contributed by atoms with Gasteiger partial charge in [-0.25, -0.2) is 0 Å². The van der Waals surface area contributed by atoms with Crippen molar-refractivity contribution in [2.24, 2.45) is 5.73 Å². The second-order valence-electron chi connectivity index (χ2n) is 1.91. The van der Waals surface area contributed by atoms with Crippen LogP contribution in [-0.4, -0.2) is 37.9 Å². The Morgan fingerprint density at radius 2 is 1.80 bits per heavy atom. The molecule has 1 rings (SSSR count). The van der Waals surface area contributed by atoms with E-state index in [1.165, 1.54) is 0 Å². The van der Waals surface area contributed by atoms with Crippen LogP contribution in [0.5, 0.6) is 0 Å². The average Bonchev–Trinajstić information content (AvgIpc) is 2.10. The quantitative estimate of drug-likeness (QED) is 0.576. The molecule has 0 aromatic heterocycles. The Bertz CT molecular complexity index is 62.6. The third kappa shape index (κ3) is 3.82. The van der Waals surface area contributed by atoms with E-state index in [0.717, 1.165) is 26.3 Å². The lowest BCUT2D eigenvalue weighted by Crippen LogP contribution is -2.39. The Morgan fingerprint density at radius 1 is 1.30 bits per heavy atom. The minimum Gasteiger partial charge on any atom is -0.379 e. The van der Waals surface area contributed by atoms with Gasteiger partial charge in [0.2, 0.25) is 0 Å². The molecule has 3 heteroatoms. The molecule has 0 spiro atoms. The van der Waals surface area contributed by atoms with Gasteiger partial charge in [0.25, 0.3) is 0 Å². The van der Waals surface area contributed by atoms with Crippen molar-refractivity contribution in [1.29, 1.82) is 0 Å². The van der Waals surface area contributed by atoms with Crippen molar-refractivity contribution in [3.8, 4) is 0 Å². The smallest absolute Gasteiger partial charge is 0.0594 e. The second-order valence-corrected chi connectivity index (χ2v) is 1.91. The number of morpholine rings is 1. The van der Waals surface area contributed by atoms with Crippen molar-refractivity contribution in [3.05, 3.63) is 0 Å². The predicted octanol–water partition coefficient (Wildman–Crippen LogP) is 0.261. The maximum atomic E-state index is 5.37. The first kappa shape index (κ1) is 9.88. The van der Waals surface area contributed by atoms with Crippen molar-refractivity contribution >= 4 is 0 Å². The largest absolute Gasteiger partial charge is 0.379 e. The van der Waals surface area contributed by atoms with Gasteiger partial charge in [-0.05, 0) is 0 Å². The van der Waals surface area contributed by atoms with Crippen LogP contribution in [0.2, 0.25) is 0 Å². The Kier molecular flexibility index (Phi) is 6.91. The van der Waals surface area contributed by atoms with E-state index in [1.54, 1.807) is 0 Å². The predicted molar refractivity (Wildman–Crippen MR) is 42.8 cm³/mol. The third-order valence-electron chi connectivity index (χ3n) is 1.36. The van der Waals surface area contributed by atoms with Gasteiger partial charge in [-0.3, -0.25) is 4.90 Å². The zero-order valence-electron chi connectivity index (χ0n) is 6.97. The molecule has 0 aliphatic carbocycles. The molecule has 0 aromatic rings. The summed E-state index contributed by atoms with van der Waals surface area (Å²) in [6, 6.07) is 0. The molecule has 0 bridgehead atoms. The molecule has 1 heterocycles. The van der Waals surface area contributed by atoms with Crippen LogP contribution in [0, 0.1) is 0 Å². The van der Waals surface area contributed by atoms with E-state index in [2.05, 4.69) is 4.90 Å². The summed E-state index contributed by atoms with van der Waals surface area (Å²) in [5.74, 6) is 0. The maximum Gasteiger partial charge on any atom is 0.0594 e. The van der Waals surface area contributed by atoms with Gasteiger partial charge in [-0.2, -0.15) is 0 Å². The minimum atomic E-state index is 0.670. The zero-order valence-corrected chi connectivity index (χ0v) is 6.97. The normalized spacial score (nSPS) is 19.5. The fraction of sp³-hybridized carbons (Fsp3) is 1.00. The van der Waals surface area contributed by atoms with Gasteiger partial charge in [0, 0.05) is 19.8 Å². The van der Waals surface area contributed by atoms with Crippen molar-refractivity contribution in [3.63, 3.8) is 0 Å². The summed E-state index contributed by atoms with van der Waals surface area (Å²) in [6.07, 6.45) is 0. The van der Waals surface area contributed by atoms with E-state index in [9.17, 15) is 0 Å². The van der Waals surface area contributed by atoms with Gasteiger partial charge in [0.1, 0.15) is 0 Å². The molecule has 10 heavy (non-hydrogen) atoms. The van der Waals surface area contributed by atoms with Crippen LogP contribution in [0.25, 0.3) is 0 Å². The van der Waals surface area contributed by atoms with Gasteiger partial charge in [-0.1, -0.05) is 13.8 Å². The van der Waals surface area contributed by atoms with Crippen molar-refractivity contribution in [2.45, 2.75) is 13.8 Å². The number of ether oxygens (including phenoxy) is 1. The van der Waals surface area contributed by atoms with Gasteiger partial charge in [0.15, 0.2) is 0 Å². The first-order valence-electron chi connectivity index (χ1n) is 3.93. The van der Waals surface area contributed by atoms with Crippen LogP contribution in [0.1, 0.15) is 13.8 Å². The molecule has 0 unspecified atom stereocenters. The molecule has 2 N–H and O–H groups in total. The standard InChI is InChI=1S/C5H12N2O.C2H6/c6-5-7-1-3-8-4-2-7;1-2/h1-6H2;1-2H3. The molecule has 1 aliphatic rings. The highest BCUT2D eigenvalue weighted by atomic mass is 16.5. The highest BCUT2D eigenvalue weighted by Crippen LogP contribution is 1.91. The topological polar surface area (TPSA) is 38.5 Å². The maximum absolute atomic E-state index is 5.37. The highest BCUT2D eigenvalue weighted by Gasteiger charge is 2.06. The zero-order chi connectivity index (χ0) is 7.82. The molecule has 0 saturated carbocycles. The van der Waals surface area contributed by atoms with Crippen LogP contribution < -0.4 is 5.73 Å². The molecule has 62 valence electrons. The Morgan fingerprint density at radius 3 is 2.10 bits per heavy atom. The van der Waals surface area contributed by atoms with Crippen LogP contribution in [0.15, 0.2) is 0 Å². The lowest BCUT2D eigenvalue weighted by atomic mass is 10.5. The number of nitrogens with two attached hydrogens (primary N) is 1. The Balaban J connectivity index is 0.000000371. The monoisotopic (exact) mass is 146 g/mol. The third-order valence-corrected chi connectivity index (χ3v) is 1.36. The Labute approximate surface area is 63.1 Å². The molecule has 0 amide bonds. The van der Waals surface area contributed by atoms with Gasteiger partial charge < -0.3 is 10.5 Å². The van der Waals surface area contributed by atoms with Crippen molar-refractivity contribution < 1.29 is 4.74 Å². The Hall–Kier alpha value is -0.120. The van der Waals surface area contributed by atoms with E-state index in [-0.39, 0.29) is 0 Å². The number of hydrogen-bond donors (Lipinski definition) is 1. The molecular formula is C7H18N2O. The fourth-order valence-electron chi connectivity index (χ4n) is 0.784. The molecule has 1 fully saturated rings. The molecule has 1 aliphatic heterocycles. The van der Waals surface area contributed by atoms with Gasteiger partial charge in [-0.15, -0.1) is 0 Å². The minimum absolute atomic E-state index is 0.670. The lowest BCUT2D eigenvalue weighted by molar-refractivity contribution is 0.0391. The fourth-order valence-corrected chi connectivity index (χ4v) is 0.784. The molecule has 0 radical (unpaired) electrons. The lowest BCUT2D eigenvalue weighted by Gasteiger charge is -2.24. The van der Waals surface area contributed by atoms with Crippen LogP contribution in [-0.2, 0) is 4.74 Å². The molecule has 0 atom stereocenters. The van der Waals surface area contributed by atoms with E-state index in [0.29, 0.717) is 6.67 Å². The van der Waals surface area contributed by atoms with Gasteiger partial charge >= 0.3 is 0 Å². The summed E-state index contributed by atoms with van der Waals surface area (Å²) in [4.78, 5) is 2.17. The summed E-state index contributed by atoms with van der Waals surface area (Å²) in [5.41, 5.74) is 5.37. The van der Waals surface area contributed by atoms with Crippen LogP contribution in [0.4, 0.5) is 0 Å². The van der Waals surface area contributed by atoms with Crippen LogP contribution in [0.3, 0.4) is 0 Å². The summed E-state index contributed by atoms with van der Waals surface area (Å²) in [7, 11) is 0. The summed E-state index contributed by atoms with van der Waals surface area (Å²) in [6.45, 7) is 8.35. The van der Waals surface area contributed by atoms with Crippen LogP contribution >= 0.6 is 0 Å².